The van der Waals surface area contributed by atoms with Crippen LogP contribution in [0.1, 0.15) is 39.5 Å². The number of carbonyl (C=O) groups excluding carboxylic acids is 2. The van der Waals surface area contributed by atoms with Gasteiger partial charge in [-0.2, -0.15) is 0 Å². The highest BCUT2D eigenvalue weighted by Crippen LogP contribution is 2.29. The molecule has 1 atom stereocenters. The Labute approximate surface area is 214 Å². The molecule has 190 valence electrons. The van der Waals surface area contributed by atoms with Gasteiger partial charge in [0.2, 0.25) is 0 Å². The average Bonchev–Trinajstić information content (AvgIpc) is 3.25. The zero-order valence-corrected chi connectivity index (χ0v) is 20.8. The highest BCUT2D eigenvalue weighted by atomic mass is 16.5. The van der Waals surface area contributed by atoms with Crippen molar-refractivity contribution in [3.8, 4) is 11.3 Å². The minimum Gasteiger partial charge on any atom is -0.481 e. The van der Waals surface area contributed by atoms with E-state index in [2.05, 4.69) is 10.6 Å². The third-order valence-corrected chi connectivity index (χ3v) is 6.00. The summed E-state index contributed by atoms with van der Waals surface area (Å²) >= 11 is 0. The molecule has 0 aliphatic rings. The molecule has 9 heteroatoms. The van der Waals surface area contributed by atoms with Gasteiger partial charge in [0.05, 0.1) is 19.6 Å². The number of aryl methyl sites for hydroxylation is 2. The Balaban J connectivity index is 1.68. The number of esters is 1. The third-order valence-electron chi connectivity index (χ3n) is 6.00. The molecule has 0 aliphatic carbocycles. The summed E-state index contributed by atoms with van der Waals surface area (Å²) in [5, 5.41) is 15.3. The fourth-order valence-corrected chi connectivity index (χ4v) is 3.96. The van der Waals surface area contributed by atoms with Crippen LogP contribution in [-0.2, 0) is 14.3 Å². The number of fused-ring (bicyclic) bond motifs is 1. The maximum atomic E-state index is 13.2. The quantitative estimate of drug-likeness (QED) is 0.295. The van der Waals surface area contributed by atoms with Gasteiger partial charge in [-0.1, -0.05) is 59.7 Å². The maximum Gasteiger partial charge on any atom is 0.325 e. The monoisotopic (exact) mass is 500 g/mol. The number of ether oxygens (including phenoxy) is 1. The van der Waals surface area contributed by atoms with Gasteiger partial charge in [-0.15, -0.1) is 0 Å². The van der Waals surface area contributed by atoms with E-state index in [0.29, 0.717) is 28.3 Å². The highest BCUT2D eigenvalue weighted by molar-refractivity contribution is 5.96. The van der Waals surface area contributed by atoms with Crippen LogP contribution in [0.25, 0.3) is 16.9 Å². The fourth-order valence-electron chi connectivity index (χ4n) is 3.96. The second kappa shape index (κ2) is 10.9. The molecule has 0 fully saturated rings. The van der Waals surface area contributed by atoms with E-state index >= 15 is 0 Å². The lowest BCUT2D eigenvalue weighted by atomic mass is 10.0. The second-order valence-electron chi connectivity index (χ2n) is 8.78. The first-order valence-corrected chi connectivity index (χ1v) is 11.7. The number of pyridine rings is 1. The zero-order chi connectivity index (χ0) is 26.5. The van der Waals surface area contributed by atoms with Crippen LogP contribution < -0.4 is 10.6 Å². The number of amides is 1. The van der Waals surface area contributed by atoms with Crippen LogP contribution in [0.2, 0.25) is 0 Å². The number of nitrogens with zero attached hydrogens (tertiary/aromatic N) is 2. The lowest BCUT2D eigenvalue weighted by Crippen LogP contribution is -2.30. The topological polar surface area (TPSA) is 122 Å². The van der Waals surface area contributed by atoms with Gasteiger partial charge in [0, 0.05) is 17.3 Å². The van der Waals surface area contributed by atoms with Crippen molar-refractivity contribution >= 4 is 29.3 Å². The molecule has 9 nitrogen and oxygen atoms in total. The van der Waals surface area contributed by atoms with Gasteiger partial charge in [-0.25, -0.2) is 4.98 Å². The molecule has 0 saturated heterocycles. The summed E-state index contributed by atoms with van der Waals surface area (Å²) in [5.41, 5.74) is 5.11. The lowest BCUT2D eigenvalue weighted by Gasteiger charge is -2.18. The SMILES string of the molecule is COC(=O)CNc1c(-c2ccc(C)cc2)nc2cc(C(=O)NC(CC(=O)O)c3ccc(C)cc3)ccn12. The fraction of sp³-hybridized carbons (Fsp3) is 0.214. The molecule has 0 radical (unpaired) electrons. The van der Waals surface area contributed by atoms with Gasteiger partial charge in [0.25, 0.3) is 5.91 Å². The van der Waals surface area contributed by atoms with Gasteiger partial charge in [0.1, 0.15) is 23.7 Å². The van der Waals surface area contributed by atoms with Crippen molar-refractivity contribution in [3.05, 3.63) is 89.1 Å². The first kappa shape index (κ1) is 25.4. The summed E-state index contributed by atoms with van der Waals surface area (Å²) in [6.07, 6.45) is 1.44. The van der Waals surface area contributed by atoms with Gasteiger partial charge < -0.3 is 20.5 Å². The Hall–Kier alpha value is -4.66. The van der Waals surface area contributed by atoms with Gasteiger partial charge in [-0.3, -0.25) is 18.8 Å². The van der Waals surface area contributed by atoms with Gasteiger partial charge in [0.15, 0.2) is 0 Å². The molecular weight excluding hydrogens is 472 g/mol. The van der Waals surface area contributed by atoms with Crippen molar-refractivity contribution in [1.82, 2.24) is 14.7 Å². The van der Waals surface area contributed by atoms with E-state index in [0.717, 1.165) is 16.7 Å². The lowest BCUT2D eigenvalue weighted by molar-refractivity contribution is -0.139. The van der Waals surface area contributed by atoms with Crippen molar-refractivity contribution in [1.29, 1.82) is 0 Å². The van der Waals surface area contributed by atoms with Gasteiger partial charge >= 0.3 is 11.9 Å². The number of carboxylic acid groups (broad SMARTS) is 1. The van der Waals surface area contributed by atoms with Crippen LogP contribution >= 0.6 is 0 Å². The number of nitrogens with one attached hydrogen (secondary N) is 2. The molecule has 2 aromatic heterocycles. The summed E-state index contributed by atoms with van der Waals surface area (Å²) < 4.78 is 6.51. The molecule has 0 saturated carbocycles. The largest absolute Gasteiger partial charge is 0.481 e. The molecule has 1 unspecified atom stereocenters. The molecule has 0 spiro atoms. The van der Waals surface area contributed by atoms with E-state index in [9.17, 15) is 19.5 Å². The molecule has 4 aromatic rings. The number of benzene rings is 2. The molecule has 3 N–H and O–H groups in total. The number of imidazole rings is 1. The van der Waals surface area contributed by atoms with Crippen LogP contribution in [0, 0.1) is 13.8 Å². The van der Waals surface area contributed by atoms with Crippen molar-refractivity contribution < 1.29 is 24.2 Å². The number of hydrogen-bond donors (Lipinski definition) is 3. The van der Waals surface area contributed by atoms with E-state index in [1.54, 1.807) is 22.7 Å². The molecule has 2 aromatic carbocycles. The Morgan fingerprint density at radius 3 is 2.27 bits per heavy atom. The minimum absolute atomic E-state index is 0.0567. The van der Waals surface area contributed by atoms with E-state index in [1.807, 2.05) is 62.4 Å². The predicted octanol–water partition coefficient (Wildman–Crippen LogP) is 4.15. The molecule has 1 amide bonds. The standard InChI is InChI=1S/C28H28N4O5/c1-17-4-8-19(9-5-17)22(15-24(33)34)30-28(36)21-12-13-32-23(14-21)31-26(20-10-6-18(2)7-11-20)27(32)29-16-25(35)37-3/h4-14,22,29H,15-16H2,1-3H3,(H,30,36)(H,33,34). The summed E-state index contributed by atoms with van der Waals surface area (Å²) in [6, 6.07) is 17.8. The Kier molecular flexibility index (Phi) is 7.52. The molecule has 0 bridgehead atoms. The summed E-state index contributed by atoms with van der Waals surface area (Å²) in [5.74, 6) is -1.28. The first-order valence-electron chi connectivity index (χ1n) is 11.7. The molecule has 0 aliphatic heterocycles. The van der Waals surface area contributed by atoms with Crippen LogP contribution in [0.5, 0.6) is 0 Å². The average molecular weight is 501 g/mol. The first-order chi connectivity index (χ1) is 17.7. The van der Waals surface area contributed by atoms with Crippen LogP contribution in [0.3, 0.4) is 0 Å². The highest BCUT2D eigenvalue weighted by Gasteiger charge is 2.21. The number of aromatic nitrogens is 2. The number of rotatable bonds is 9. The maximum absolute atomic E-state index is 13.2. The van der Waals surface area contributed by atoms with Crippen molar-refractivity contribution in [3.63, 3.8) is 0 Å². The van der Waals surface area contributed by atoms with Crippen LogP contribution in [-0.4, -0.2) is 46.0 Å². The van der Waals surface area contributed by atoms with E-state index in [-0.39, 0.29) is 13.0 Å². The zero-order valence-electron chi connectivity index (χ0n) is 20.8. The Bertz CT molecular complexity index is 1440. The summed E-state index contributed by atoms with van der Waals surface area (Å²) in [6.45, 7) is 3.87. The second-order valence-corrected chi connectivity index (χ2v) is 8.78. The van der Waals surface area contributed by atoms with Gasteiger partial charge in [-0.05, 0) is 31.5 Å². The number of carboxylic acids is 1. The summed E-state index contributed by atoms with van der Waals surface area (Å²) in [7, 11) is 1.32. The number of methoxy groups -OCH3 is 1. The van der Waals surface area contributed by atoms with Crippen LogP contribution in [0.4, 0.5) is 5.82 Å². The van der Waals surface area contributed by atoms with Crippen molar-refractivity contribution in [2.75, 3.05) is 19.0 Å². The smallest absolute Gasteiger partial charge is 0.325 e. The Morgan fingerprint density at radius 1 is 1.00 bits per heavy atom. The number of hydrogen-bond acceptors (Lipinski definition) is 6. The van der Waals surface area contributed by atoms with E-state index in [1.165, 1.54) is 7.11 Å². The minimum atomic E-state index is -1.02. The van der Waals surface area contributed by atoms with E-state index in [4.69, 9.17) is 9.72 Å². The number of anilines is 1. The summed E-state index contributed by atoms with van der Waals surface area (Å²) in [4.78, 5) is 41.1. The molecule has 37 heavy (non-hydrogen) atoms. The van der Waals surface area contributed by atoms with Crippen molar-refractivity contribution in [2.24, 2.45) is 0 Å². The Morgan fingerprint density at radius 2 is 1.65 bits per heavy atom. The number of carbonyl (C=O) groups is 3. The normalized spacial score (nSPS) is 11.6. The molecule has 4 rings (SSSR count). The molecular formula is C28H28N4O5. The predicted molar refractivity (Wildman–Crippen MR) is 140 cm³/mol. The van der Waals surface area contributed by atoms with E-state index < -0.39 is 23.9 Å². The third kappa shape index (κ3) is 5.95. The number of aliphatic carboxylic acids is 1. The van der Waals surface area contributed by atoms with Crippen molar-refractivity contribution in [2.45, 2.75) is 26.3 Å². The van der Waals surface area contributed by atoms with Crippen LogP contribution in [0.15, 0.2) is 66.9 Å². The molecule has 2 heterocycles.